The van der Waals surface area contributed by atoms with Crippen LogP contribution in [0.2, 0.25) is 0 Å². The zero-order valence-electron chi connectivity index (χ0n) is 11.7. The van der Waals surface area contributed by atoms with E-state index in [1.165, 1.54) is 0 Å². The average Bonchev–Trinajstić information content (AvgIpc) is 2.27. The van der Waals surface area contributed by atoms with Crippen LogP contribution in [0.15, 0.2) is 0 Å². The van der Waals surface area contributed by atoms with Gasteiger partial charge in [-0.2, -0.15) is 0 Å². The van der Waals surface area contributed by atoms with E-state index in [1.54, 1.807) is 0 Å². The van der Waals surface area contributed by atoms with E-state index in [1.807, 2.05) is 6.92 Å². The summed E-state index contributed by atoms with van der Waals surface area (Å²) in [7, 11) is -3.22. The third-order valence-electron chi connectivity index (χ3n) is 3.54. The first-order chi connectivity index (χ1) is 8.37. The van der Waals surface area contributed by atoms with Gasteiger partial charge in [0.05, 0.1) is 12.4 Å². The Morgan fingerprint density at radius 2 is 2.17 bits per heavy atom. The highest BCUT2D eigenvalue weighted by Crippen LogP contribution is 2.29. The Labute approximate surface area is 111 Å². The number of nitrogens with one attached hydrogen (secondary N) is 2. The second kappa shape index (κ2) is 6.84. The van der Waals surface area contributed by atoms with Gasteiger partial charge in [0.15, 0.2) is 0 Å². The maximum Gasteiger partial charge on any atom is 0.213 e. The van der Waals surface area contributed by atoms with Crippen LogP contribution in [0.1, 0.15) is 33.6 Å². The zero-order valence-corrected chi connectivity index (χ0v) is 12.5. The van der Waals surface area contributed by atoms with Crippen molar-refractivity contribution in [3.8, 4) is 0 Å². The fourth-order valence-corrected chi connectivity index (χ4v) is 3.12. The van der Waals surface area contributed by atoms with Crippen LogP contribution < -0.4 is 10.0 Å². The molecule has 0 radical (unpaired) electrons. The van der Waals surface area contributed by atoms with E-state index in [4.69, 9.17) is 4.74 Å². The molecule has 0 bridgehead atoms. The molecule has 5 nitrogen and oxygen atoms in total. The highest BCUT2D eigenvalue weighted by atomic mass is 32.2. The zero-order chi connectivity index (χ0) is 13.6. The van der Waals surface area contributed by atoms with Crippen molar-refractivity contribution in [2.24, 2.45) is 5.41 Å². The molecule has 1 aliphatic rings. The third kappa shape index (κ3) is 5.22. The van der Waals surface area contributed by atoms with E-state index in [-0.39, 0.29) is 23.8 Å². The number of ether oxygens (including phenoxy) is 1. The fourth-order valence-electron chi connectivity index (χ4n) is 2.21. The molecule has 0 aliphatic carbocycles. The Balaban J connectivity index is 2.39. The van der Waals surface area contributed by atoms with Crippen LogP contribution in [0.5, 0.6) is 0 Å². The number of piperidine rings is 1. The van der Waals surface area contributed by atoms with Crippen LogP contribution >= 0.6 is 0 Å². The van der Waals surface area contributed by atoms with Crippen molar-refractivity contribution in [1.82, 2.24) is 10.0 Å². The normalized spacial score (nSPS) is 24.1. The van der Waals surface area contributed by atoms with Crippen molar-refractivity contribution < 1.29 is 13.2 Å². The number of sulfonamides is 1. The molecule has 0 saturated carbocycles. The van der Waals surface area contributed by atoms with Crippen molar-refractivity contribution in [2.75, 3.05) is 32.1 Å². The number of hydrogen-bond acceptors (Lipinski definition) is 4. The predicted octanol–water partition coefficient (Wildman–Crippen LogP) is 0.721. The average molecular weight is 278 g/mol. The SMILES string of the molecule is CCOCCS(=O)(=O)NCC1NCCCC1(C)C. The minimum atomic E-state index is -3.22. The van der Waals surface area contributed by atoms with Gasteiger partial charge in [-0.15, -0.1) is 0 Å². The smallest absolute Gasteiger partial charge is 0.213 e. The molecule has 1 atom stereocenters. The van der Waals surface area contributed by atoms with Crippen molar-refractivity contribution in [3.63, 3.8) is 0 Å². The summed E-state index contributed by atoms with van der Waals surface area (Å²) in [5.41, 5.74) is 0.140. The van der Waals surface area contributed by atoms with E-state index in [2.05, 4.69) is 23.9 Å². The molecule has 0 spiro atoms. The van der Waals surface area contributed by atoms with Crippen LogP contribution in [0.25, 0.3) is 0 Å². The summed E-state index contributed by atoms with van der Waals surface area (Å²) < 4.78 is 31.2. The molecule has 1 fully saturated rings. The van der Waals surface area contributed by atoms with E-state index in [0.717, 1.165) is 19.4 Å². The van der Waals surface area contributed by atoms with E-state index in [9.17, 15) is 8.42 Å². The highest BCUT2D eigenvalue weighted by Gasteiger charge is 2.32. The molecular formula is C12H26N2O3S. The summed E-state index contributed by atoms with van der Waals surface area (Å²) >= 11 is 0. The molecule has 1 aliphatic heterocycles. The van der Waals surface area contributed by atoms with Crippen LogP contribution in [0.3, 0.4) is 0 Å². The standard InChI is InChI=1S/C12H26N2O3S/c1-4-17-8-9-18(15,16)14-10-11-12(2,3)6-5-7-13-11/h11,13-14H,4-10H2,1-3H3. The maximum absolute atomic E-state index is 11.7. The summed E-state index contributed by atoms with van der Waals surface area (Å²) in [5.74, 6) is 0.0357. The van der Waals surface area contributed by atoms with Gasteiger partial charge in [0.2, 0.25) is 10.0 Å². The summed E-state index contributed by atoms with van der Waals surface area (Å²) in [6.45, 7) is 8.45. The van der Waals surface area contributed by atoms with Gasteiger partial charge in [0, 0.05) is 19.2 Å². The highest BCUT2D eigenvalue weighted by molar-refractivity contribution is 7.89. The van der Waals surface area contributed by atoms with Gasteiger partial charge in [0.1, 0.15) is 0 Å². The lowest BCUT2D eigenvalue weighted by molar-refractivity contribution is 0.163. The predicted molar refractivity (Wildman–Crippen MR) is 73.1 cm³/mol. The van der Waals surface area contributed by atoms with Gasteiger partial charge in [-0.1, -0.05) is 13.8 Å². The molecule has 1 heterocycles. The Morgan fingerprint density at radius 3 is 2.78 bits per heavy atom. The van der Waals surface area contributed by atoms with Gasteiger partial charge in [-0.3, -0.25) is 0 Å². The van der Waals surface area contributed by atoms with Gasteiger partial charge in [0.25, 0.3) is 0 Å². The molecule has 1 saturated heterocycles. The molecular weight excluding hydrogens is 252 g/mol. The molecule has 6 heteroatoms. The van der Waals surface area contributed by atoms with Crippen LogP contribution in [0.4, 0.5) is 0 Å². The van der Waals surface area contributed by atoms with Crippen LogP contribution in [-0.2, 0) is 14.8 Å². The Bertz CT molecular complexity index is 341. The second-order valence-corrected chi connectivity index (χ2v) is 7.39. The first-order valence-corrected chi connectivity index (χ1v) is 8.31. The van der Waals surface area contributed by atoms with E-state index in [0.29, 0.717) is 13.2 Å². The first kappa shape index (κ1) is 15.9. The topological polar surface area (TPSA) is 67.4 Å². The molecule has 0 aromatic carbocycles. The van der Waals surface area contributed by atoms with Crippen molar-refractivity contribution >= 4 is 10.0 Å². The van der Waals surface area contributed by atoms with Crippen molar-refractivity contribution in [3.05, 3.63) is 0 Å². The fraction of sp³-hybridized carbons (Fsp3) is 1.00. The van der Waals surface area contributed by atoms with Crippen molar-refractivity contribution in [2.45, 2.75) is 39.7 Å². The second-order valence-electron chi connectivity index (χ2n) is 5.46. The third-order valence-corrected chi connectivity index (χ3v) is 4.85. The lowest BCUT2D eigenvalue weighted by Crippen LogP contribution is -2.53. The lowest BCUT2D eigenvalue weighted by atomic mass is 9.78. The van der Waals surface area contributed by atoms with E-state index < -0.39 is 10.0 Å². The molecule has 2 N–H and O–H groups in total. The lowest BCUT2D eigenvalue weighted by Gasteiger charge is -2.39. The van der Waals surface area contributed by atoms with Gasteiger partial charge >= 0.3 is 0 Å². The van der Waals surface area contributed by atoms with Gasteiger partial charge in [-0.25, -0.2) is 13.1 Å². The molecule has 0 aromatic rings. The Kier molecular flexibility index (Phi) is 6.04. The van der Waals surface area contributed by atoms with Crippen LogP contribution in [-0.4, -0.2) is 46.5 Å². The molecule has 108 valence electrons. The summed E-state index contributed by atoms with van der Waals surface area (Å²) in [5, 5.41) is 3.39. The van der Waals surface area contributed by atoms with Crippen LogP contribution in [0, 0.1) is 5.41 Å². The molecule has 0 aromatic heterocycles. The molecule has 0 amide bonds. The summed E-state index contributed by atoms with van der Waals surface area (Å²) in [6, 6.07) is 0.202. The Morgan fingerprint density at radius 1 is 1.44 bits per heavy atom. The largest absolute Gasteiger partial charge is 0.381 e. The minimum absolute atomic E-state index is 0.0357. The number of rotatable bonds is 7. The Hall–Kier alpha value is -0.170. The molecule has 1 rings (SSSR count). The first-order valence-electron chi connectivity index (χ1n) is 6.66. The summed E-state index contributed by atoms with van der Waals surface area (Å²) in [6.07, 6.45) is 2.28. The minimum Gasteiger partial charge on any atom is -0.381 e. The molecule has 18 heavy (non-hydrogen) atoms. The van der Waals surface area contributed by atoms with Gasteiger partial charge in [-0.05, 0) is 31.7 Å². The van der Waals surface area contributed by atoms with Crippen molar-refractivity contribution in [1.29, 1.82) is 0 Å². The quantitative estimate of drug-likeness (QED) is 0.673. The van der Waals surface area contributed by atoms with Gasteiger partial charge < -0.3 is 10.1 Å². The molecule has 1 unspecified atom stereocenters. The summed E-state index contributed by atoms with van der Waals surface area (Å²) in [4.78, 5) is 0. The monoisotopic (exact) mass is 278 g/mol. The number of hydrogen-bond donors (Lipinski definition) is 2. The van der Waals surface area contributed by atoms with E-state index >= 15 is 0 Å². The maximum atomic E-state index is 11.7.